The highest BCUT2D eigenvalue weighted by atomic mass is 19.4. The van der Waals surface area contributed by atoms with Crippen LogP contribution in [0.25, 0.3) is 16.7 Å². The number of nitrogens with zero attached hydrogens (tertiary/aromatic N) is 5. The number of nitrogens with one attached hydrogen (secondary N) is 2. The van der Waals surface area contributed by atoms with Crippen molar-refractivity contribution in [2.45, 2.75) is 31.6 Å². The summed E-state index contributed by atoms with van der Waals surface area (Å²) in [6.07, 6.45) is -3.76. The van der Waals surface area contributed by atoms with Crippen molar-refractivity contribution in [3.63, 3.8) is 0 Å². The monoisotopic (exact) mass is 777 g/mol. The molecule has 0 radical (unpaired) electrons. The molecule has 12 nitrogen and oxygen atoms in total. The summed E-state index contributed by atoms with van der Waals surface area (Å²) >= 11 is 0. The summed E-state index contributed by atoms with van der Waals surface area (Å²) in [5.41, 5.74) is 3.12. The molecule has 3 aliphatic rings. The number of alkyl halides is 3. The summed E-state index contributed by atoms with van der Waals surface area (Å²) in [6.45, 7) is 8.70. The minimum Gasteiger partial charge on any atom is -0.492 e. The van der Waals surface area contributed by atoms with Crippen LogP contribution >= 0.6 is 0 Å². The van der Waals surface area contributed by atoms with E-state index in [1.165, 1.54) is 12.1 Å². The van der Waals surface area contributed by atoms with Gasteiger partial charge in [0.25, 0.3) is 17.7 Å². The first-order valence-electron chi connectivity index (χ1n) is 18.6. The molecular formula is C42H38F3N7O5. The number of amides is 4. The fourth-order valence-corrected chi connectivity index (χ4v) is 7.50. The molecule has 292 valence electrons. The average molecular weight is 778 g/mol. The van der Waals surface area contributed by atoms with Crippen LogP contribution in [-0.4, -0.2) is 93.3 Å². The fourth-order valence-electron chi connectivity index (χ4n) is 7.50. The standard InChI is InChI=1S/C42H38F3N7O5/c1-26-10-14-36(38(54)46-26)52-39(55)32-13-12-31(24-33(32)40(52)56)57-21-20-49-16-18-50(19-17-49)25-27-11-15-35-34(22-27)47-41(51(35)30-8-3-2-4-9-30)48-37(53)28-6-5-7-29(23-28)42(43,44)45/h2-9,11-13,15,22-24,36H,1,10,14,16-21,25H2,(H,46,54)(H,47,48,53). The number of hydrogen-bond acceptors (Lipinski definition) is 8. The molecule has 15 heteroatoms. The molecule has 3 aliphatic heterocycles. The number of anilines is 1. The van der Waals surface area contributed by atoms with Gasteiger partial charge in [0, 0.05) is 56.2 Å². The highest BCUT2D eigenvalue weighted by Crippen LogP contribution is 2.32. The predicted octanol–water partition coefficient (Wildman–Crippen LogP) is 5.88. The first-order chi connectivity index (χ1) is 27.4. The number of carbonyl (C=O) groups excluding carboxylic acids is 4. The minimum atomic E-state index is -4.58. The Hall–Kier alpha value is -6.32. The zero-order valence-electron chi connectivity index (χ0n) is 30.7. The zero-order chi connectivity index (χ0) is 39.8. The zero-order valence-corrected chi connectivity index (χ0v) is 30.7. The molecular weight excluding hydrogens is 739 g/mol. The van der Waals surface area contributed by atoms with E-state index in [2.05, 4.69) is 27.0 Å². The van der Waals surface area contributed by atoms with Gasteiger partial charge in [-0.3, -0.25) is 43.8 Å². The van der Waals surface area contributed by atoms with E-state index in [4.69, 9.17) is 9.72 Å². The molecule has 1 aromatic heterocycles. The van der Waals surface area contributed by atoms with Crippen LogP contribution in [0.4, 0.5) is 19.1 Å². The summed E-state index contributed by atoms with van der Waals surface area (Å²) in [5.74, 6) is -1.45. The van der Waals surface area contributed by atoms with Gasteiger partial charge in [0.2, 0.25) is 11.9 Å². The second-order valence-corrected chi connectivity index (χ2v) is 14.3. The smallest absolute Gasteiger partial charge is 0.416 e. The Morgan fingerprint density at radius 2 is 1.63 bits per heavy atom. The van der Waals surface area contributed by atoms with E-state index in [0.717, 1.165) is 60.0 Å². The van der Waals surface area contributed by atoms with Gasteiger partial charge < -0.3 is 10.1 Å². The van der Waals surface area contributed by atoms with Crippen molar-refractivity contribution in [2.24, 2.45) is 0 Å². The number of aromatic nitrogens is 2. The summed E-state index contributed by atoms with van der Waals surface area (Å²) < 4.78 is 47.8. The molecule has 0 bridgehead atoms. The third kappa shape index (κ3) is 7.76. The van der Waals surface area contributed by atoms with Gasteiger partial charge in [-0.2, -0.15) is 13.2 Å². The van der Waals surface area contributed by atoms with Crippen LogP contribution in [-0.2, 0) is 17.5 Å². The van der Waals surface area contributed by atoms with Gasteiger partial charge in [0.05, 0.1) is 27.7 Å². The molecule has 2 N–H and O–H groups in total. The van der Waals surface area contributed by atoms with E-state index in [-0.39, 0.29) is 22.6 Å². The number of ether oxygens (including phenoxy) is 1. The van der Waals surface area contributed by atoms with E-state index < -0.39 is 41.4 Å². The van der Waals surface area contributed by atoms with E-state index >= 15 is 0 Å². The summed E-state index contributed by atoms with van der Waals surface area (Å²) in [6, 6.07) is 23.4. The summed E-state index contributed by atoms with van der Waals surface area (Å²) in [4.78, 5) is 62.4. The second-order valence-electron chi connectivity index (χ2n) is 14.3. The Labute approximate surface area is 325 Å². The molecule has 5 aromatic rings. The molecule has 2 fully saturated rings. The first kappa shape index (κ1) is 37.6. The number of rotatable bonds is 10. The largest absolute Gasteiger partial charge is 0.492 e. The maximum absolute atomic E-state index is 13.3. The average Bonchev–Trinajstić information content (AvgIpc) is 3.67. The maximum Gasteiger partial charge on any atom is 0.416 e. The number of para-hydroxylation sites is 1. The molecule has 0 aliphatic carbocycles. The van der Waals surface area contributed by atoms with Crippen LogP contribution < -0.4 is 15.4 Å². The van der Waals surface area contributed by atoms with Crippen molar-refractivity contribution in [2.75, 3.05) is 44.6 Å². The van der Waals surface area contributed by atoms with Crippen molar-refractivity contribution >= 4 is 40.6 Å². The van der Waals surface area contributed by atoms with Crippen LogP contribution in [0.3, 0.4) is 0 Å². The van der Waals surface area contributed by atoms with Gasteiger partial charge in [-0.1, -0.05) is 36.9 Å². The van der Waals surface area contributed by atoms with Crippen LogP contribution in [0.1, 0.15) is 55.0 Å². The molecule has 0 spiro atoms. The van der Waals surface area contributed by atoms with Crippen molar-refractivity contribution in [1.82, 2.24) is 29.6 Å². The molecule has 4 amide bonds. The van der Waals surface area contributed by atoms with Crippen molar-refractivity contribution in [3.05, 3.63) is 131 Å². The van der Waals surface area contributed by atoms with Crippen molar-refractivity contribution < 1.29 is 37.1 Å². The number of carbonyl (C=O) groups is 4. The lowest BCUT2D eigenvalue weighted by Gasteiger charge is -2.34. The minimum absolute atomic E-state index is 0.133. The van der Waals surface area contributed by atoms with Crippen LogP contribution in [0, 0.1) is 0 Å². The number of halogens is 3. The van der Waals surface area contributed by atoms with Gasteiger partial charge >= 0.3 is 6.18 Å². The Bertz CT molecular complexity index is 2410. The number of hydrogen-bond donors (Lipinski definition) is 2. The van der Waals surface area contributed by atoms with Gasteiger partial charge in [0.1, 0.15) is 18.4 Å². The quantitative estimate of drug-likeness (QED) is 0.168. The fraction of sp³-hybridized carbons (Fsp3) is 0.262. The summed E-state index contributed by atoms with van der Waals surface area (Å²) in [5, 5.41) is 5.37. The van der Waals surface area contributed by atoms with E-state index in [9.17, 15) is 32.3 Å². The molecule has 2 saturated heterocycles. The van der Waals surface area contributed by atoms with Crippen LogP contribution in [0.15, 0.2) is 103 Å². The first-order valence-corrected chi connectivity index (χ1v) is 18.6. The third-order valence-electron chi connectivity index (χ3n) is 10.5. The van der Waals surface area contributed by atoms with E-state index in [1.807, 2.05) is 48.5 Å². The SMILES string of the molecule is C=C1CCC(N2C(=O)c3ccc(OCCN4CCN(Cc5ccc6c(c5)nc(NC(=O)c5cccc(C(F)(F)F)c5)n6-c5ccccc5)CC4)cc3C2=O)C(=O)N1. The molecule has 1 atom stereocenters. The van der Waals surface area contributed by atoms with Gasteiger partial charge in [-0.05, 0) is 79.1 Å². The number of imide groups is 1. The summed E-state index contributed by atoms with van der Waals surface area (Å²) in [7, 11) is 0. The molecule has 8 rings (SSSR count). The van der Waals surface area contributed by atoms with Gasteiger partial charge in [-0.25, -0.2) is 4.98 Å². The predicted molar refractivity (Wildman–Crippen MR) is 205 cm³/mol. The van der Waals surface area contributed by atoms with Crippen LogP contribution in [0.5, 0.6) is 5.75 Å². The number of benzene rings is 4. The lowest BCUT2D eigenvalue weighted by atomic mass is 10.0. The Balaban J connectivity index is 0.873. The normalized spacial score (nSPS) is 17.9. The Morgan fingerprint density at radius 3 is 2.39 bits per heavy atom. The van der Waals surface area contributed by atoms with Crippen molar-refractivity contribution in [1.29, 1.82) is 0 Å². The number of piperidine rings is 1. The highest BCUT2D eigenvalue weighted by Gasteiger charge is 2.44. The molecule has 0 saturated carbocycles. The molecule has 57 heavy (non-hydrogen) atoms. The Morgan fingerprint density at radius 1 is 0.877 bits per heavy atom. The van der Waals surface area contributed by atoms with Crippen molar-refractivity contribution in [3.8, 4) is 11.4 Å². The lowest BCUT2D eigenvalue weighted by Crippen LogP contribution is -2.51. The maximum atomic E-state index is 13.3. The molecule has 4 heterocycles. The highest BCUT2D eigenvalue weighted by molar-refractivity contribution is 6.23. The molecule has 1 unspecified atom stereocenters. The molecule has 4 aromatic carbocycles. The van der Waals surface area contributed by atoms with Gasteiger partial charge in [-0.15, -0.1) is 0 Å². The van der Waals surface area contributed by atoms with E-state index in [0.29, 0.717) is 49.5 Å². The van der Waals surface area contributed by atoms with Crippen LogP contribution in [0.2, 0.25) is 0 Å². The van der Waals surface area contributed by atoms with E-state index in [1.54, 1.807) is 22.8 Å². The number of fused-ring (bicyclic) bond motifs is 2. The van der Waals surface area contributed by atoms with Gasteiger partial charge in [0.15, 0.2) is 0 Å². The second kappa shape index (κ2) is 15.3. The lowest BCUT2D eigenvalue weighted by molar-refractivity contribution is -0.137. The number of allylic oxidation sites excluding steroid dienone is 1. The number of piperazine rings is 1. The number of imidazole rings is 1. The Kier molecular flexibility index (Phi) is 10.1. The third-order valence-corrected chi connectivity index (χ3v) is 10.5. The topological polar surface area (TPSA) is 129 Å².